The molecule has 0 heterocycles. The van der Waals surface area contributed by atoms with Crippen LogP contribution >= 0.6 is 7.59 Å². The van der Waals surface area contributed by atoms with E-state index in [0.717, 1.165) is 11.4 Å². The van der Waals surface area contributed by atoms with Crippen molar-refractivity contribution in [2.75, 3.05) is 24.9 Å². The zero-order valence-electron chi connectivity index (χ0n) is 12.1. The SMILES string of the molecule is CN(C)P(=O)(NNc1ccccc1)NNc1ccccc1. The lowest BCUT2D eigenvalue weighted by Crippen LogP contribution is -2.37. The van der Waals surface area contributed by atoms with Crippen molar-refractivity contribution in [3.8, 4) is 0 Å². The van der Waals surface area contributed by atoms with E-state index in [-0.39, 0.29) is 0 Å². The van der Waals surface area contributed by atoms with Crippen LogP contribution in [0.25, 0.3) is 0 Å². The Labute approximate surface area is 125 Å². The number of nitrogens with zero attached hydrogens (tertiary/aromatic N) is 1. The Morgan fingerprint density at radius 1 is 0.762 bits per heavy atom. The van der Waals surface area contributed by atoms with E-state index in [2.05, 4.69) is 21.2 Å². The Bertz CT molecular complexity index is 543. The molecule has 7 heteroatoms. The van der Waals surface area contributed by atoms with Gasteiger partial charge in [-0.05, 0) is 38.4 Å². The van der Waals surface area contributed by atoms with Crippen molar-refractivity contribution in [2.24, 2.45) is 0 Å². The molecule has 4 N–H and O–H groups in total. The summed E-state index contributed by atoms with van der Waals surface area (Å²) in [4.78, 5) is 0. The summed E-state index contributed by atoms with van der Waals surface area (Å²) in [6.07, 6.45) is 0. The van der Waals surface area contributed by atoms with E-state index in [9.17, 15) is 4.57 Å². The van der Waals surface area contributed by atoms with Crippen LogP contribution in [0.2, 0.25) is 0 Å². The average Bonchev–Trinajstić information content (AvgIpc) is 2.53. The number of hydrogen-bond donors (Lipinski definition) is 4. The number of para-hydroxylation sites is 2. The second-order valence-electron chi connectivity index (χ2n) is 4.63. The molecule has 0 amide bonds. The van der Waals surface area contributed by atoms with Gasteiger partial charge >= 0.3 is 7.59 Å². The monoisotopic (exact) mass is 305 g/mol. The van der Waals surface area contributed by atoms with E-state index in [0.29, 0.717) is 0 Å². The summed E-state index contributed by atoms with van der Waals surface area (Å²) in [5, 5.41) is 5.68. The molecule has 0 fully saturated rings. The molecule has 21 heavy (non-hydrogen) atoms. The third kappa shape index (κ3) is 4.58. The molecule has 0 saturated carbocycles. The fourth-order valence-corrected chi connectivity index (χ4v) is 2.57. The number of hydrogen-bond acceptors (Lipinski definition) is 3. The first kappa shape index (κ1) is 15.5. The molecule has 2 aromatic carbocycles. The first-order valence-electron chi connectivity index (χ1n) is 6.55. The van der Waals surface area contributed by atoms with E-state index in [1.54, 1.807) is 18.8 Å². The highest BCUT2D eigenvalue weighted by Crippen LogP contribution is 2.37. The highest BCUT2D eigenvalue weighted by Gasteiger charge is 2.24. The van der Waals surface area contributed by atoms with E-state index in [1.807, 2.05) is 60.7 Å². The number of benzene rings is 2. The van der Waals surface area contributed by atoms with Gasteiger partial charge in [-0.1, -0.05) is 36.4 Å². The summed E-state index contributed by atoms with van der Waals surface area (Å²) in [5.74, 6) is 0. The zero-order chi connectivity index (χ0) is 15.1. The van der Waals surface area contributed by atoms with Gasteiger partial charge in [-0.25, -0.2) is 4.67 Å². The van der Waals surface area contributed by atoms with Crippen molar-refractivity contribution in [3.63, 3.8) is 0 Å². The standard InChI is InChI=1S/C14H20N5OP/c1-19(2)21(20,17-15-13-9-5-3-6-10-13)18-16-14-11-7-4-8-12-14/h3-12,15-16H,1-2H3,(H2,17,18,20). The molecule has 0 aliphatic heterocycles. The molecule has 0 aromatic heterocycles. The minimum atomic E-state index is -3.01. The average molecular weight is 305 g/mol. The molecule has 112 valence electrons. The van der Waals surface area contributed by atoms with Gasteiger partial charge in [-0.2, -0.15) is 10.4 Å². The van der Waals surface area contributed by atoms with E-state index in [4.69, 9.17) is 0 Å². The lowest BCUT2D eigenvalue weighted by Gasteiger charge is -2.27. The highest BCUT2D eigenvalue weighted by atomic mass is 31.2. The van der Waals surface area contributed by atoms with Gasteiger partial charge in [-0.15, -0.1) is 0 Å². The molecule has 0 aliphatic carbocycles. The van der Waals surface area contributed by atoms with Crippen LogP contribution in [-0.2, 0) is 4.57 Å². The fraction of sp³-hybridized carbons (Fsp3) is 0.143. The van der Waals surface area contributed by atoms with Crippen molar-refractivity contribution >= 4 is 19.0 Å². The lowest BCUT2D eigenvalue weighted by molar-refractivity contribution is 0.495. The molecule has 0 bridgehead atoms. The maximum Gasteiger partial charge on any atom is 0.315 e. The lowest BCUT2D eigenvalue weighted by atomic mass is 10.3. The predicted molar refractivity (Wildman–Crippen MR) is 87.7 cm³/mol. The molecule has 0 radical (unpaired) electrons. The summed E-state index contributed by atoms with van der Waals surface area (Å²) < 4.78 is 14.4. The number of nitrogens with one attached hydrogen (secondary N) is 4. The van der Waals surface area contributed by atoms with Gasteiger partial charge in [0, 0.05) is 11.4 Å². The molecule has 0 saturated heterocycles. The van der Waals surface area contributed by atoms with E-state index < -0.39 is 7.59 Å². The second-order valence-corrected chi connectivity index (χ2v) is 7.03. The molecule has 6 nitrogen and oxygen atoms in total. The fourth-order valence-electron chi connectivity index (χ4n) is 1.55. The Hall–Kier alpha value is -1.85. The summed E-state index contributed by atoms with van der Waals surface area (Å²) in [6, 6.07) is 19.0. The number of hydrazine groups is 2. The summed E-state index contributed by atoms with van der Waals surface area (Å²) in [7, 11) is 0.461. The smallest absolute Gasteiger partial charge is 0.314 e. The molecular weight excluding hydrogens is 285 g/mol. The van der Waals surface area contributed by atoms with Crippen molar-refractivity contribution in [3.05, 3.63) is 60.7 Å². The number of anilines is 2. The van der Waals surface area contributed by atoms with Crippen LogP contribution in [-0.4, -0.2) is 18.8 Å². The van der Waals surface area contributed by atoms with Crippen LogP contribution in [0, 0.1) is 0 Å². The van der Waals surface area contributed by atoms with Crippen molar-refractivity contribution in [2.45, 2.75) is 0 Å². The quantitative estimate of drug-likeness (QED) is 0.466. The van der Waals surface area contributed by atoms with E-state index >= 15 is 0 Å². The second kappa shape index (κ2) is 7.24. The highest BCUT2D eigenvalue weighted by molar-refractivity contribution is 7.57. The molecule has 0 unspecified atom stereocenters. The van der Waals surface area contributed by atoms with Crippen LogP contribution in [0.5, 0.6) is 0 Å². The first-order chi connectivity index (χ1) is 10.1. The Morgan fingerprint density at radius 2 is 1.14 bits per heavy atom. The molecular formula is C14H20N5OP. The third-order valence-electron chi connectivity index (χ3n) is 2.81. The van der Waals surface area contributed by atoms with Gasteiger partial charge < -0.3 is 10.9 Å². The van der Waals surface area contributed by atoms with Crippen LogP contribution in [0.15, 0.2) is 60.7 Å². The minimum absolute atomic E-state index is 0.834. The van der Waals surface area contributed by atoms with Crippen molar-refractivity contribution in [1.29, 1.82) is 0 Å². The number of rotatable bonds is 7. The first-order valence-corrected chi connectivity index (χ1v) is 8.21. The zero-order valence-corrected chi connectivity index (χ0v) is 13.0. The molecule has 2 aromatic rings. The Kier molecular flexibility index (Phi) is 5.36. The van der Waals surface area contributed by atoms with Crippen LogP contribution in [0.1, 0.15) is 0 Å². The Morgan fingerprint density at radius 3 is 1.48 bits per heavy atom. The predicted octanol–water partition coefficient (Wildman–Crippen LogP) is 2.89. The third-order valence-corrected chi connectivity index (χ3v) is 4.77. The van der Waals surface area contributed by atoms with Crippen LogP contribution in [0.4, 0.5) is 11.4 Å². The van der Waals surface area contributed by atoms with E-state index in [1.165, 1.54) is 0 Å². The van der Waals surface area contributed by atoms with Gasteiger partial charge in [0.1, 0.15) is 0 Å². The normalized spacial score (nSPS) is 11.4. The Balaban J connectivity index is 1.98. The van der Waals surface area contributed by atoms with Crippen LogP contribution in [0.3, 0.4) is 0 Å². The molecule has 0 spiro atoms. The van der Waals surface area contributed by atoms with Crippen molar-refractivity contribution < 1.29 is 4.57 Å². The summed E-state index contributed by atoms with van der Waals surface area (Å²) in [6.45, 7) is 0. The van der Waals surface area contributed by atoms with Crippen molar-refractivity contribution in [1.82, 2.24) is 15.1 Å². The van der Waals surface area contributed by atoms with Gasteiger partial charge in [0.25, 0.3) is 0 Å². The maximum absolute atomic E-state index is 12.8. The van der Waals surface area contributed by atoms with Crippen LogP contribution < -0.4 is 21.2 Å². The topological polar surface area (TPSA) is 68.4 Å². The minimum Gasteiger partial charge on any atom is -0.314 e. The molecule has 2 rings (SSSR count). The largest absolute Gasteiger partial charge is 0.315 e. The molecule has 0 aliphatic rings. The summed E-state index contributed by atoms with van der Waals surface area (Å²) in [5.41, 5.74) is 7.56. The van der Waals surface area contributed by atoms with Gasteiger partial charge in [0.2, 0.25) is 0 Å². The maximum atomic E-state index is 12.8. The van der Waals surface area contributed by atoms with Gasteiger partial charge in [-0.3, -0.25) is 4.57 Å². The van der Waals surface area contributed by atoms with Gasteiger partial charge in [0.15, 0.2) is 0 Å². The molecule has 0 atom stereocenters. The van der Waals surface area contributed by atoms with Gasteiger partial charge in [0.05, 0.1) is 0 Å². The summed E-state index contributed by atoms with van der Waals surface area (Å²) >= 11 is 0.